The molecule has 0 saturated heterocycles. The van der Waals surface area contributed by atoms with Gasteiger partial charge in [0.1, 0.15) is 17.5 Å². The summed E-state index contributed by atoms with van der Waals surface area (Å²) in [5.74, 6) is -8.99. The fourth-order valence-corrected chi connectivity index (χ4v) is 4.61. The van der Waals surface area contributed by atoms with Gasteiger partial charge in [0, 0.05) is 18.1 Å². The van der Waals surface area contributed by atoms with Gasteiger partial charge in [0.15, 0.2) is 0 Å². The van der Waals surface area contributed by atoms with Crippen LogP contribution in [0.3, 0.4) is 0 Å². The van der Waals surface area contributed by atoms with E-state index in [1.807, 2.05) is 0 Å². The topological polar surface area (TPSA) is 55.3 Å². The number of rotatable bonds is 6. The molecular formula is C25H12BF15Li2O3. The normalized spacial score (nSPS) is 14.0. The van der Waals surface area contributed by atoms with Crippen molar-refractivity contribution in [2.45, 2.75) is 43.1 Å². The predicted octanol–water partition coefficient (Wildman–Crippen LogP) is 0.957. The third-order valence-corrected chi connectivity index (χ3v) is 6.28. The molecule has 0 aliphatic carbocycles. The van der Waals surface area contributed by atoms with E-state index >= 15 is 8.78 Å². The second kappa shape index (κ2) is 14.1. The van der Waals surface area contributed by atoms with Crippen LogP contribution in [0.15, 0.2) is 48.5 Å². The average molecular weight is 670 g/mol. The molecule has 3 nitrogen and oxygen atoms in total. The Balaban J connectivity index is 0.00000529. The molecule has 3 aromatic rings. The summed E-state index contributed by atoms with van der Waals surface area (Å²) in [7, 11) is -3.77. The van der Waals surface area contributed by atoms with Crippen LogP contribution in [0, 0.1) is 17.5 Å². The Morgan fingerprint density at radius 2 is 0.826 bits per heavy atom. The van der Waals surface area contributed by atoms with Gasteiger partial charge in [-0.2, -0.15) is 52.7 Å². The summed E-state index contributed by atoms with van der Waals surface area (Å²) in [6, 6.07) is -2.20. The quantitative estimate of drug-likeness (QED) is 0.291. The third-order valence-electron chi connectivity index (χ3n) is 6.28. The Bertz CT molecular complexity index is 1380. The van der Waals surface area contributed by atoms with Crippen molar-refractivity contribution < 1.29 is 118 Å². The van der Waals surface area contributed by atoms with Crippen molar-refractivity contribution in [1.82, 2.24) is 0 Å². The van der Waals surface area contributed by atoms with Crippen molar-refractivity contribution in [3.05, 3.63) is 105 Å². The van der Waals surface area contributed by atoms with Gasteiger partial charge in [0.05, 0.1) is 40.7 Å². The smallest absolute Gasteiger partial charge is 0.871 e. The molecule has 3 rings (SSSR count). The van der Waals surface area contributed by atoms with Crippen LogP contribution in [-0.2, 0) is 35.0 Å². The molecular weight excluding hydrogens is 658 g/mol. The van der Waals surface area contributed by atoms with Crippen LogP contribution in [0.2, 0.25) is 0 Å². The molecule has 46 heavy (non-hydrogen) atoms. The zero-order valence-corrected chi connectivity index (χ0v) is 23.2. The summed E-state index contributed by atoms with van der Waals surface area (Å²) in [4.78, 5) is 0. The fourth-order valence-electron chi connectivity index (χ4n) is 4.61. The minimum Gasteiger partial charge on any atom is -0.871 e. The maximum Gasteiger partial charge on any atom is 1.00 e. The second-order valence-electron chi connectivity index (χ2n) is 9.37. The maximum atomic E-state index is 15.0. The average Bonchev–Trinajstić information content (AvgIpc) is 2.80. The number of benzene rings is 3. The summed E-state index contributed by atoms with van der Waals surface area (Å²) < 4.78 is 212. The van der Waals surface area contributed by atoms with E-state index < -0.39 is 112 Å². The third kappa shape index (κ3) is 9.21. The predicted molar refractivity (Wildman–Crippen MR) is 115 cm³/mol. The molecule has 0 heterocycles. The van der Waals surface area contributed by atoms with Gasteiger partial charge in [0.25, 0.3) is 0 Å². The van der Waals surface area contributed by atoms with E-state index in [0.717, 1.165) is 0 Å². The summed E-state index contributed by atoms with van der Waals surface area (Å²) in [6.07, 6.45) is -22.7. The van der Waals surface area contributed by atoms with E-state index in [1.54, 1.807) is 0 Å². The Hall–Kier alpha value is -2.25. The number of hydrogen-bond donors (Lipinski definition) is 0. The molecule has 0 aliphatic rings. The first-order chi connectivity index (χ1) is 19.7. The van der Waals surface area contributed by atoms with Gasteiger partial charge >= 0.3 is 62.4 Å². The van der Waals surface area contributed by atoms with Gasteiger partial charge in [-0.3, -0.25) is 0 Å². The Morgan fingerprint density at radius 1 is 0.543 bits per heavy atom. The van der Waals surface area contributed by atoms with Crippen molar-refractivity contribution in [3.63, 3.8) is 0 Å². The van der Waals surface area contributed by atoms with Crippen molar-refractivity contribution in [2.24, 2.45) is 0 Å². The minimum atomic E-state index is -5.67. The van der Waals surface area contributed by atoms with Gasteiger partial charge in [-0.05, 0) is 54.4 Å². The van der Waals surface area contributed by atoms with Gasteiger partial charge in [0.2, 0.25) is 0 Å². The number of hydrogen-bond acceptors (Lipinski definition) is 3. The molecule has 3 aromatic carbocycles. The molecule has 0 amide bonds. The minimum absolute atomic E-state index is 0. The van der Waals surface area contributed by atoms with Gasteiger partial charge < -0.3 is 14.7 Å². The summed E-state index contributed by atoms with van der Waals surface area (Å²) in [5, 5.41) is 23.3. The molecule has 0 radical (unpaired) electrons. The van der Waals surface area contributed by atoms with E-state index in [1.165, 1.54) is 0 Å². The Kier molecular flexibility index (Phi) is 12.8. The first kappa shape index (κ1) is 41.8. The van der Waals surface area contributed by atoms with Crippen LogP contribution >= 0.6 is 0 Å². The molecule has 0 N–H and O–H groups in total. The zero-order chi connectivity index (χ0) is 33.8. The summed E-state index contributed by atoms with van der Waals surface area (Å²) >= 11 is 0. The summed E-state index contributed by atoms with van der Waals surface area (Å²) in [6.45, 7) is 0.237. The first-order valence-corrected chi connectivity index (χ1v) is 11.5. The molecule has 0 bridgehead atoms. The van der Waals surface area contributed by atoms with Crippen LogP contribution in [0.25, 0.3) is 0 Å². The van der Waals surface area contributed by atoms with Gasteiger partial charge in [-0.25, -0.2) is 13.2 Å². The molecule has 21 heteroatoms. The van der Waals surface area contributed by atoms with E-state index in [9.17, 15) is 67.1 Å². The van der Waals surface area contributed by atoms with Crippen molar-refractivity contribution in [2.75, 3.05) is 0 Å². The molecule has 1 atom stereocenters. The molecule has 0 fully saturated rings. The Labute approximate surface area is 273 Å². The molecule has 1 unspecified atom stereocenters. The second-order valence-corrected chi connectivity index (χ2v) is 9.37. The van der Waals surface area contributed by atoms with Crippen LogP contribution < -0.4 is 47.8 Å². The van der Waals surface area contributed by atoms with E-state index in [4.69, 9.17) is 0 Å². The van der Waals surface area contributed by atoms with E-state index in [-0.39, 0.29) is 81.0 Å². The van der Waals surface area contributed by atoms with Crippen molar-refractivity contribution >= 4 is 7.32 Å². The number of alkyl halides is 12. The fraction of sp³-hybridized carbons (Fsp3) is 0.280. The largest absolute Gasteiger partial charge is 1.00 e. The number of halogens is 15. The SMILES string of the molecule is CC(OB([O-])[O-])(c1c(F)cc(F)cc1F)C(c1cc(C(F)(F)F)cc(C(F)(F)F)c1)c1cc(C(F)(F)F)cc(C(F)(F)F)c1.[Li+].[Li+]. The van der Waals surface area contributed by atoms with Gasteiger partial charge in [-0.1, -0.05) is 0 Å². The van der Waals surface area contributed by atoms with E-state index in [2.05, 4.69) is 4.65 Å². The molecule has 0 aromatic heterocycles. The Morgan fingerprint density at radius 3 is 1.07 bits per heavy atom. The van der Waals surface area contributed by atoms with Crippen LogP contribution in [0.4, 0.5) is 65.9 Å². The van der Waals surface area contributed by atoms with Gasteiger partial charge in [-0.15, -0.1) is 0 Å². The molecule has 240 valence electrons. The van der Waals surface area contributed by atoms with Crippen LogP contribution in [0.5, 0.6) is 0 Å². The summed E-state index contributed by atoms with van der Waals surface area (Å²) in [5.41, 5.74) is -17.3. The first-order valence-electron chi connectivity index (χ1n) is 11.5. The molecule has 0 saturated carbocycles. The van der Waals surface area contributed by atoms with Crippen molar-refractivity contribution in [1.29, 1.82) is 0 Å². The standard InChI is InChI=1S/C25H12BF15O3.2Li/c1-21(44-26(42)43,20-17(28)8-16(27)9-18(20)29)19(10-2-12(22(30,31)32)6-13(3-10)23(33,34)35)11-4-14(24(36,37)38)7-15(5-11)25(39,40)41;;/h2-9,19H,1H3;;/q-2;2*+1. The molecule has 0 aliphatic heterocycles. The molecule has 0 spiro atoms. The zero-order valence-electron chi connectivity index (χ0n) is 23.2. The van der Waals surface area contributed by atoms with Crippen LogP contribution in [-0.4, -0.2) is 7.32 Å². The maximum absolute atomic E-state index is 15.0. The van der Waals surface area contributed by atoms with Crippen LogP contribution in [0.1, 0.15) is 51.8 Å². The van der Waals surface area contributed by atoms with E-state index in [0.29, 0.717) is 0 Å². The monoisotopic (exact) mass is 670 g/mol. The van der Waals surface area contributed by atoms with Crippen molar-refractivity contribution in [3.8, 4) is 0 Å².